The van der Waals surface area contributed by atoms with Crippen molar-refractivity contribution in [2.24, 2.45) is 0 Å². The number of nitrogens with zero attached hydrogens (tertiary/aromatic N) is 1. The number of nitrogens with one attached hydrogen (secondary N) is 1. The number of benzene rings is 2. The molecule has 30 heavy (non-hydrogen) atoms. The first kappa shape index (κ1) is 18.3. The number of esters is 1. The fraction of sp³-hybridized carbons (Fsp3) is 0.217. The number of carbonyl (C=O) groups excluding carboxylic acids is 2. The second-order valence-electron chi connectivity index (χ2n) is 7.27. The molecule has 0 saturated heterocycles. The van der Waals surface area contributed by atoms with Crippen molar-refractivity contribution in [3.8, 4) is 11.5 Å². The van der Waals surface area contributed by atoms with Gasteiger partial charge in [-0.3, -0.25) is 9.59 Å². The van der Waals surface area contributed by atoms with E-state index in [-0.39, 0.29) is 18.7 Å². The highest BCUT2D eigenvalue weighted by Gasteiger charge is 2.34. The summed E-state index contributed by atoms with van der Waals surface area (Å²) in [5.41, 5.74) is 4.15. The summed E-state index contributed by atoms with van der Waals surface area (Å²) >= 11 is 0. The van der Waals surface area contributed by atoms with E-state index in [0.717, 1.165) is 29.5 Å². The van der Waals surface area contributed by atoms with Gasteiger partial charge in [0.2, 0.25) is 6.79 Å². The van der Waals surface area contributed by atoms with Crippen molar-refractivity contribution < 1.29 is 23.8 Å². The maximum Gasteiger partial charge on any atom is 0.307 e. The van der Waals surface area contributed by atoms with Gasteiger partial charge in [0.15, 0.2) is 11.5 Å². The lowest BCUT2D eigenvalue weighted by atomic mass is 9.92. The Morgan fingerprint density at radius 3 is 2.87 bits per heavy atom. The summed E-state index contributed by atoms with van der Waals surface area (Å²) in [7, 11) is 0. The van der Waals surface area contributed by atoms with Gasteiger partial charge in [-0.25, -0.2) is 0 Å². The Morgan fingerprint density at radius 1 is 1.17 bits per heavy atom. The lowest BCUT2D eigenvalue weighted by Gasteiger charge is -2.35. The molecule has 7 heteroatoms. The summed E-state index contributed by atoms with van der Waals surface area (Å²) in [5, 5.41) is 1.17. The van der Waals surface area contributed by atoms with Crippen LogP contribution in [0.5, 0.6) is 11.5 Å². The molecule has 7 nitrogen and oxygen atoms in total. The van der Waals surface area contributed by atoms with E-state index >= 15 is 0 Å². The molecule has 152 valence electrons. The molecule has 1 atom stereocenters. The van der Waals surface area contributed by atoms with Gasteiger partial charge in [-0.05, 0) is 35.7 Å². The Morgan fingerprint density at radius 2 is 2.00 bits per heavy atom. The number of hydrogen-bond acceptors (Lipinski definition) is 5. The third-order valence-electron chi connectivity index (χ3n) is 5.47. The molecule has 0 radical (unpaired) electrons. The highest BCUT2D eigenvalue weighted by molar-refractivity contribution is 5.90. The van der Waals surface area contributed by atoms with E-state index in [1.54, 1.807) is 4.90 Å². The zero-order chi connectivity index (χ0) is 20.7. The second kappa shape index (κ2) is 7.26. The SMILES string of the molecule is CC(=O)O/C=C/C(=O)N1CCc2c([nH]c3ccccc23)C1c1ccc2c(c1)OCO2. The smallest absolute Gasteiger partial charge is 0.307 e. The van der Waals surface area contributed by atoms with Crippen molar-refractivity contribution in [1.82, 2.24) is 9.88 Å². The number of aromatic nitrogens is 1. The van der Waals surface area contributed by atoms with Crippen LogP contribution in [-0.4, -0.2) is 35.1 Å². The molecule has 1 N–H and O–H groups in total. The van der Waals surface area contributed by atoms with Crippen LogP contribution in [-0.2, 0) is 20.7 Å². The minimum atomic E-state index is -0.470. The Labute approximate surface area is 172 Å². The topological polar surface area (TPSA) is 80.9 Å². The molecule has 2 aliphatic heterocycles. The first-order chi connectivity index (χ1) is 14.6. The van der Waals surface area contributed by atoms with Crippen molar-refractivity contribution in [1.29, 1.82) is 0 Å². The maximum absolute atomic E-state index is 13.0. The fourth-order valence-electron chi connectivity index (χ4n) is 4.19. The Balaban J connectivity index is 1.60. The minimum absolute atomic E-state index is 0.189. The Bertz CT molecular complexity index is 1180. The number of carbonyl (C=O) groups is 2. The first-order valence-corrected chi connectivity index (χ1v) is 9.75. The number of amides is 1. The van der Waals surface area contributed by atoms with Crippen LogP contribution in [0.1, 0.15) is 29.8 Å². The maximum atomic E-state index is 13.0. The molecular weight excluding hydrogens is 384 g/mol. The van der Waals surface area contributed by atoms with Gasteiger partial charge in [-0.2, -0.15) is 0 Å². The zero-order valence-corrected chi connectivity index (χ0v) is 16.4. The van der Waals surface area contributed by atoms with Gasteiger partial charge >= 0.3 is 5.97 Å². The quantitative estimate of drug-likeness (QED) is 0.411. The standard InChI is InChI=1S/C23H20N2O5/c1-14(26)28-11-9-21(27)25-10-8-17-16-4-2-3-5-18(16)24-22(17)23(25)15-6-7-19-20(12-15)30-13-29-19/h2-7,9,11-12,23-24H,8,10,13H2,1H3/b11-9+. The predicted octanol–water partition coefficient (Wildman–Crippen LogP) is 3.45. The van der Waals surface area contributed by atoms with Gasteiger partial charge < -0.3 is 24.1 Å². The van der Waals surface area contributed by atoms with Gasteiger partial charge in [-0.15, -0.1) is 0 Å². The Hall–Kier alpha value is -3.74. The van der Waals surface area contributed by atoms with E-state index in [0.29, 0.717) is 18.0 Å². The normalized spacial score (nSPS) is 17.4. The number of para-hydroxylation sites is 1. The van der Waals surface area contributed by atoms with Crippen molar-refractivity contribution in [2.75, 3.05) is 13.3 Å². The van der Waals surface area contributed by atoms with E-state index in [2.05, 4.69) is 11.1 Å². The second-order valence-corrected chi connectivity index (χ2v) is 7.27. The first-order valence-electron chi connectivity index (χ1n) is 9.75. The largest absolute Gasteiger partial charge is 0.454 e. The fourth-order valence-corrected chi connectivity index (χ4v) is 4.19. The van der Waals surface area contributed by atoms with Crippen LogP contribution in [0.25, 0.3) is 10.9 Å². The molecule has 3 aromatic rings. The highest BCUT2D eigenvalue weighted by Crippen LogP contribution is 2.42. The van der Waals surface area contributed by atoms with Gasteiger partial charge in [0.25, 0.3) is 5.91 Å². The minimum Gasteiger partial charge on any atom is -0.454 e. The molecule has 1 aromatic heterocycles. The highest BCUT2D eigenvalue weighted by atomic mass is 16.7. The molecule has 1 amide bonds. The lowest BCUT2D eigenvalue weighted by Crippen LogP contribution is -2.39. The van der Waals surface area contributed by atoms with E-state index in [1.807, 2.05) is 36.4 Å². The third kappa shape index (κ3) is 3.08. The van der Waals surface area contributed by atoms with Crippen LogP contribution in [0.3, 0.4) is 0 Å². The van der Waals surface area contributed by atoms with Crippen LogP contribution in [0.15, 0.2) is 54.8 Å². The molecule has 0 bridgehead atoms. The van der Waals surface area contributed by atoms with Crippen molar-refractivity contribution in [2.45, 2.75) is 19.4 Å². The van der Waals surface area contributed by atoms with E-state index in [1.165, 1.54) is 23.9 Å². The molecular formula is C23H20N2O5. The number of fused-ring (bicyclic) bond motifs is 4. The van der Waals surface area contributed by atoms with Gasteiger partial charge in [0.1, 0.15) is 0 Å². The molecule has 0 aliphatic carbocycles. The van der Waals surface area contributed by atoms with Crippen molar-refractivity contribution >= 4 is 22.8 Å². The van der Waals surface area contributed by atoms with Gasteiger partial charge in [-0.1, -0.05) is 24.3 Å². The monoisotopic (exact) mass is 404 g/mol. The van der Waals surface area contributed by atoms with E-state index in [9.17, 15) is 9.59 Å². The number of hydrogen-bond donors (Lipinski definition) is 1. The molecule has 2 aromatic carbocycles. The number of aromatic amines is 1. The summed E-state index contributed by atoms with van der Waals surface area (Å²) < 4.78 is 15.8. The summed E-state index contributed by atoms with van der Waals surface area (Å²) in [5.74, 6) is 0.656. The van der Waals surface area contributed by atoms with Crippen LogP contribution in [0.4, 0.5) is 0 Å². The average Bonchev–Trinajstić information content (AvgIpc) is 3.36. The summed E-state index contributed by atoms with van der Waals surface area (Å²) in [6, 6.07) is 13.6. The zero-order valence-electron chi connectivity index (χ0n) is 16.4. The number of ether oxygens (including phenoxy) is 3. The predicted molar refractivity (Wildman–Crippen MR) is 109 cm³/mol. The van der Waals surface area contributed by atoms with Crippen LogP contribution in [0, 0.1) is 0 Å². The number of rotatable bonds is 3. The molecule has 0 spiro atoms. The van der Waals surface area contributed by atoms with Crippen LogP contribution < -0.4 is 9.47 Å². The molecule has 5 rings (SSSR count). The van der Waals surface area contributed by atoms with Crippen molar-refractivity contribution in [3.05, 3.63) is 71.6 Å². The third-order valence-corrected chi connectivity index (χ3v) is 5.47. The molecule has 0 fully saturated rings. The van der Waals surface area contributed by atoms with Crippen LogP contribution in [0.2, 0.25) is 0 Å². The summed E-state index contributed by atoms with van der Waals surface area (Å²) in [4.78, 5) is 29.3. The molecule has 0 saturated carbocycles. The van der Waals surface area contributed by atoms with Gasteiger partial charge in [0.05, 0.1) is 12.3 Å². The Kier molecular flexibility index (Phi) is 4.43. The van der Waals surface area contributed by atoms with E-state index < -0.39 is 5.97 Å². The molecule has 2 aliphatic rings. The van der Waals surface area contributed by atoms with Crippen molar-refractivity contribution in [3.63, 3.8) is 0 Å². The summed E-state index contributed by atoms with van der Waals surface area (Å²) in [6.07, 6.45) is 3.16. The number of H-pyrrole nitrogens is 1. The average molecular weight is 404 g/mol. The molecule has 1 unspecified atom stereocenters. The summed E-state index contributed by atoms with van der Waals surface area (Å²) in [6.45, 7) is 2.02. The lowest BCUT2D eigenvalue weighted by molar-refractivity contribution is -0.135. The van der Waals surface area contributed by atoms with E-state index in [4.69, 9.17) is 14.2 Å². The van der Waals surface area contributed by atoms with Gasteiger partial charge in [0, 0.05) is 36.1 Å². The van der Waals surface area contributed by atoms with Crippen LogP contribution >= 0.6 is 0 Å². The molecule has 3 heterocycles.